The van der Waals surface area contributed by atoms with Gasteiger partial charge >= 0.3 is 0 Å². The average molecular weight is 310 g/mol. The molecule has 1 aliphatic rings. The number of nitrogens with one attached hydrogen (secondary N) is 1. The van der Waals surface area contributed by atoms with Gasteiger partial charge in [-0.25, -0.2) is 0 Å². The van der Waals surface area contributed by atoms with Crippen LogP contribution in [0.2, 0.25) is 0 Å². The first-order chi connectivity index (χ1) is 11.1. The second-order valence-electron chi connectivity index (χ2n) is 5.36. The predicted molar refractivity (Wildman–Crippen MR) is 89.1 cm³/mol. The van der Waals surface area contributed by atoms with Crippen LogP contribution in [0.3, 0.4) is 0 Å². The van der Waals surface area contributed by atoms with Gasteiger partial charge in [-0.05, 0) is 30.2 Å². The van der Waals surface area contributed by atoms with Gasteiger partial charge in [-0.1, -0.05) is 31.2 Å². The molecule has 1 heterocycles. The van der Waals surface area contributed by atoms with Crippen molar-refractivity contribution in [3.63, 3.8) is 0 Å². The van der Waals surface area contributed by atoms with Crippen molar-refractivity contribution in [2.24, 2.45) is 0 Å². The molecule has 0 aliphatic carbocycles. The maximum atomic E-state index is 12.6. The minimum absolute atomic E-state index is 0.0562. The topological polar surface area (TPSA) is 58.6 Å². The molecule has 0 spiro atoms. The van der Waals surface area contributed by atoms with Gasteiger partial charge in [-0.2, -0.15) is 0 Å². The highest BCUT2D eigenvalue weighted by Gasteiger charge is 2.26. The molecule has 5 nitrogen and oxygen atoms in total. The number of anilines is 2. The fraction of sp³-hybridized carbons (Fsp3) is 0.222. The van der Waals surface area contributed by atoms with E-state index in [-0.39, 0.29) is 18.4 Å². The van der Waals surface area contributed by atoms with Crippen LogP contribution in [-0.4, -0.2) is 25.5 Å². The molecule has 0 bridgehead atoms. The van der Waals surface area contributed by atoms with Crippen LogP contribution in [0.25, 0.3) is 0 Å². The van der Waals surface area contributed by atoms with Crippen LogP contribution in [0.15, 0.2) is 42.5 Å². The van der Waals surface area contributed by atoms with Crippen molar-refractivity contribution >= 4 is 23.2 Å². The summed E-state index contributed by atoms with van der Waals surface area (Å²) in [5.74, 6) is 0.0676. The number of hydrogen-bond donors (Lipinski definition) is 1. The summed E-state index contributed by atoms with van der Waals surface area (Å²) in [5, 5.41) is 2.93. The third-order valence-electron chi connectivity index (χ3n) is 3.96. The van der Waals surface area contributed by atoms with Gasteiger partial charge in [0.2, 0.25) is 0 Å². The van der Waals surface area contributed by atoms with Gasteiger partial charge in [-0.3, -0.25) is 9.59 Å². The Morgan fingerprint density at radius 3 is 2.78 bits per heavy atom. The van der Waals surface area contributed by atoms with E-state index in [1.807, 2.05) is 31.2 Å². The number of likely N-dealkylation sites (N-methyl/N-ethyl adjacent to an activating group) is 1. The van der Waals surface area contributed by atoms with E-state index in [0.717, 1.165) is 17.7 Å². The van der Waals surface area contributed by atoms with Crippen LogP contribution < -0.4 is 15.0 Å². The monoisotopic (exact) mass is 310 g/mol. The van der Waals surface area contributed by atoms with E-state index in [1.165, 1.54) is 4.90 Å². The molecule has 2 amide bonds. The van der Waals surface area contributed by atoms with Crippen molar-refractivity contribution in [3.05, 3.63) is 53.6 Å². The Labute approximate surface area is 134 Å². The smallest absolute Gasteiger partial charge is 0.264 e. The number of carbonyl (C=O) groups excluding carboxylic acids is 2. The molecule has 0 fully saturated rings. The quantitative estimate of drug-likeness (QED) is 0.948. The van der Waals surface area contributed by atoms with Crippen LogP contribution in [0.4, 0.5) is 11.4 Å². The molecule has 0 radical (unpaired) electrons. The van der Waals surface area contributed by atoms with Crippen molar-refractivity contribution in [2.75, 3.05) is 23.9 Å². The summed E-state index contributed by atoms with van der Waals surface area (Å²) in [5.41, 5.74) is 2.89. The fourth-order valence-electron chi connectivity index (χ4n) is 2.62. The van der Waals surface area contributed by atoms with E-state index in [2.05, 4.69) is 5.32 Å². The maximum absolute atomic E-state index is 12.6. The number of rotatable bonds is 3. The number of ether oxygens (including phenoxy) is 1. The van der Waals surface area contributed by atoms with Gasteiger partial charge in [-0.15, -0.1) is 0 Å². The van der Waals surface area contributed by atoms with Crippen molar-refractivity contribution < 1.29 is 14.3 Å². The maximum Gasteiger partial charge on any atom is 0.264 e. The van der Waals surface area contributed by atoms with Crippen molar-refractivity contribution in [2.45, 2.75) is 13.3 Å². The zero-order valence-corrected chi connectivity index (χ0v) is 13.1. The molecule has 0 saturated heterocycles. The lowest BCUT2D eigenvalue weighted by atomic mass is 10.1. The zero-order valence-electron chi connectivity index (χ0n) is 13.1. The molecule has 0 saturated carbocycles. The number of amides is 2. The summed E-state index contributed by atoms with van der Waals surface area (Å²) in [6.45, 7) is 1.98. The van der Waals surface area contributed by atoms with E-state index >= 15 is 0 Å². The summed E-state index contributed by atoms with van der Waals surface area (Å²) in [6, 6.07) is 12.9. The zero-order chi connectivity index (χ0) is 16.4. The lowest BCUT2D eigenvalue weighted by Gasteiger charge is -2.27. The molecule has 0 atom stereocenters. The summed E-state index contributed by atoms with van der Waals surface area (Å²) in [6.07, 6.45) is 0.830. The summed E-state index contributed by atoms with van der Waals surface area (Å²) >= 11 is 0. The van der Waals surface area contributed by atoms with E-state index in [9.17, 15) is 9.59 Å². The van der Waals surface area contributed by atoms with Crippen molar-refractivity contribution in [1.29, 1.82) is 0 Å². The third kappa shape index (κ3) is 2.77. The highest BCUT2D eigenvalue weighted by atomic mass is 16.5. The lowest BCUT2D eigenvalue weighted by molar-refractivity contribution is -0.121. The molecule has 23 heavy (non-hydrogen) atoms. The van der Waals surface area contributed by atoms with Crippen LogP contribution in [0.5, 0.6) is 5.75 Å². The Hall–Kier alpha value is -2.82. The number of nitrogens with zero attached hydrogens (tertiary/aromatic N) is 1. The van der Waals surface area contributed by atoms with Crippen molar-refractivity contribution in [3.8, 4) is 5.75 Å². The Morgan fingerprint density at radius 1 is 1.22 bits per heavy atom. The largest absolute Gasteiger partial charge is 0.481 e. The van der Waals surface area contributed by atoms with Gasteiger partial charge in [0.15, 0.2) is 12.4 Å². The standard InChI is InChI=1S/C18H18N2O3/c1-3-12-7-4-5-9-14(12)19-18(22)13-8-6-10-15-17(13)23-11-16(21)20(15)2/h4-10H,3,11H2,1-2H3,(H,19,22). The Bertz CT molecular complexity index is 771. The first-order valence-electron chi connectivity index (χ1n) is 7.53. The number of carbonyl (C=O) groups is 2. The minimum atomic E-state index is -0.245. The number of aryl methyl sites for hydroxylation is 1. The molecule has 118 valence electrons. The van der Waals surface area contributed by atoms with Gasteiger partial charge < -0.3 is 15.0 Å². The number of benzene rings is 2. The van der Waals surface area contributed by atoms with E-state index in [1.54, 1.807) is 25.2 Å². The summed E-state index contributed by atoms with van der Waals surface area (Å²) in [7, 11) is 1.68. The van der Waals surface area contributed by atoms with E-state index in [0.29, 0.717) is 17.0 Å². The minimum Gasteiger partial charge on any atom is -0.481 e. The predicted octanol–water partition coefficient (Wildman–Crippen LogP) is 2.86. The van der Waals surface area contributed by atoms with E-state index in [4.69, 9.17) is 4.74 Å². The molecule has 5 heteroatoms. The number of para-hydroxylation sites is 2. The fourth-order valence-corrected chi connectivity index (χ4v) is 2.62. The Morgan fingerprint density at radius 2 is 2.00 bits per heavy atom. The highest BCUT2D eigenvalue weighted by Crippen LogP contribution is 2.35. The van der Waals surface area contributed by atoms with Crippen LogP contribution >= 0.6 is 0 Å². The molecular weight excluding hydrogens is 292 g/mol. The van der Waals surface area contributed by atoms with Crippen LogP contribution in [0.1, 0.15) is 22.8 Å². The average Bonchev–Trinajstić information content (AvgIpc) is 2.58. The van der Waals surface area contributed by atoms with Gasteiger partial charge in [0, 0.05) is 12.7 Å². The summed E-state index contributed by atoms with van der Waals surface area (Å²) < 4.78 is 5.50. The molecule has 0 aromatic heterocycles. The molecule has 2 aromatic carbocycles. The van der Waals surface area contributed by atoms with Gasteiger partial charge in [0.25, 0.3) is 11.8 Å². The normalized spacial score (nSPS) is 13.3. The highest BCUT2D eigenvalue weighted by molar-refractivity contribution is 6.09. The second-order valence-corrected chi connectivity index (χ2v) is 5.36. The van der Waals surface area contributed by atoms with Crippen LogP contribution in [0, 0.1) is 0 Å². The molecule has 1 aliphatic heterocycles. The molecule has 2 aromatic rings. The lowest BCUT2D eigenvalue weighted by Crippen LogP contribution is -2.36. The molecule has 0 unspecified atom stereocenters. The molecular formula is C18H18N2O3. The second kappa shape index (κ2) is 6.12. The van der Waals surface area contributed by atoms with Gasteiger partial charge in [0.05, 0.1) is 11.3 Å². The Kier molecular flexibility index (Phi) is 4.02. The first kappa shape index (κ1) is 15.1. The number of fused-ring (bicyclic) bond motifs is 1. The first-order valence-corrected chi connectivity index (χ1v) is 7.53. The van der Waals surface area contributed by atoms with Crippen molar-refractivity contribution in [1.82, 2.24) is 0 Å². The summed E-state index contributed by atoms with van der Waals surface area (Å²) in [4.78, 5) is 25.9. The van der Waals surface area contributed by atoms with Gasteiger partial charge in [0.1, 0.15) is 0 Å². The van der Waals surface area contributed by atoms with E-state index < -0.39 is 0 Å². The Balaban J connectivity index is 1.93. The number of hydrogen-bond acceptors (Lipinski definition) is 3. The van der Waals surface area contributed by atoms with Crippen LogP contribution in [-0.2, 0) is 11.2 Å². The SMILES string of the molecule is CCc1ccccc1NC(=O)c1cccc2c1OCC(=O)N2C. The molecule has 3 rings (SSSR count). The third-order valence-corrected chi connectivity index (χ3v) is 3.96. The molecule has 1 N–H and O–H groups in total.